The molecule has 0 saturated heterocycles. The minimum Gasteiger partial charge on any atom is -0.493 e. The normalized spacial score (nSPS) is 10.0. The molecule has 3 heteroatoms. The Balaban J connectivity index is 2.81. The van der Waals surface area contributed by atoms with Gasteiger partial charge in [0.05, 0.1) is 7.11 Å². The third-order valence-electron chi connectivity index (χ3n) is 2.37. The predicted octanol–water partition coefficient (Wildman–Crippen LogP) is 2.76. The average Bonchev–Trinajstić information content (AvgIpc) is 2.37. The molecule has 1 N–H and O–H groups in total. The summed E-state index contributed by atoms with van der Waals surface area (Å²) < 4.78 is 11.0. The third-order valence-corrected chi connectivity index (χ3v) is 2.37. The lowest BCUT2D eigenvalue weighted by Crippen LogP contribution is -2.15. The van der Waals surface area contributed by atoms with Gasteiger partial charge in [0.15, 0.2) is 11.5 Å². The van der Waals surface area contributed by atoms with Crippen molar-refractivity contribution in [1.29, 1.82) is 0 Å². The highest BCUT2D eigenvalue weighted by molar-refractivity contribution is 5.46. The third kappa shape index (κ3) is 4.11. The molecule has 0 radical (unpaired) electrons. The van der Waals surface area contributed by atoms with Gasteiger partial charge in [0.25, 0.3) is 0 Å². The first-order chi connectivity index (χ1) is 8.33. The first-order valence-corrected chi connectivity index (χ1v) is 5.93. The second kappa shape index (κ2) is 7.74. The second-order valence-corrected chi connectivity index (χ2v) is 3.72. The summed E-state index contributed by atoms with van der Waals surface area (Å²) in [4.78, 5) is 0. The van der Waals surface area contributed by atoms with Gasteiger partial charge in [-0.3, -0.25) is 0 Å². The van der Waals surface area contributed by atoms with Crippen molar-refractivity contribution in [3.8, 4) is 11.5 Å². The Labute approximate surface area is 103 Å². The minimum atomic E-state index is 0.487. The SMILES string of the molecule is C=CCOc1c(CNCCC)cccc1OC. The fourth-order valence-electron chi connectivity index (χ4n) is 1.57. The molecule has 0 bridgehead atoms. The van der Waals surface area contributed by atoms with Crippen molar-refractivity contribution in [2.45, 2.75) is 19.9 Å². The van der Waals surface area contributed by atoms with Gasteiger partial charge in [-0.25, -0.2) is 0 Å². The number of rotatable bonds is 8. The first kappa shape index (κ1) is 13.6. The Hall–Kier alpha value is -1.48. The Morgan fingerprint density at radius 2 is 2.24 bits per heavy atom. The van der Waals surface area contributed by atoms with Crippen molar-refractivity contribution in [3.63, 3.8) is 0 Å². The van der Waals surface area contributed by atoms with Crippen LogP contribution in [0.2, 0.25) is 0 Å². The molecule has 1 rings (SSSR count). The van der Waals surface area contributed by atoms with E-state index in [-0.39, 0.29) is 0 Å². The fourth-order valence-corrected chi connectivity index (χ4v) is 1.57. The van der Waals surface area contributed by atoms with Crippen LogP contribution in [0.3, 0.4) is 0 Å². The topological polar surface area (TPSA) is 30.5 Å². The number of hydrogen-bond donors (Lipinski definition) is 1. The highest BCUT2D eigenvalue weighted by atomic mass is 16.5. The molecule has 0 unspecified atom stereocenters. The van der Waals surface area contributed by atoms with Crippen LogP contribution in [-0.2, 0) is 6.54 Å². The summed E-state index contributed by atoms with van der Waals surface area (Å²) >= 11 is 0. The number of hydrogen-bond acceptors (Lipinski definition) is 3. The molecule has 0 aliphatic rings. The lowest BCUT2D eigenvalue weighted by atomic mass is 10.2. The Morgan fingerprint density at radius 1 is 1.41 bits per heavy atom. The van der Waals surface area contributed by atoms with Crippen LogP contribution in [0, 0.1) is 0 Å². The molecule has 94 valence electrons. The van der Waals surface area contributed by atoms with Crippen molar-refractivity contribution < 1.29 is 9.47 Å². The summed E-state index contributed by atoms with van der Waals surface area (Å²) in [6.45, 7) is 8.08. The number of ether oxygens (including phenoxy) is 2. The highest BCUT2D eigenvalue weighted by Gasteiger charge is 2.09. The molecule has 0 atom stereocenters. The number of nitrogens with one attached hydrogen (secondary N) is 1. The van der Waals surface area contributed by atoms with E-state index in [2.05, 4.69) is 18.8 Å². The zero-order chi connectivity index (χ0) is 12.5. The van der Waals surface area contributed by atoms with Gasteiger partial charge in [-0.2, -0.15) is 0 Å². The maximum absolute atomic E-state index is 5.66. The van der Waals surface area contributed by atoms with Crippen molar-refractivity contribution in [3.05, 3.63) is 36.4 Å². The summed E-state index contributed by atoms with van der Waals surface area (Å²) in [6, 6.07) is 5.92. The maximum atomic E-state index is 5.66. The van der Waals surface area contributed by atoms with E-state index in [0.717, 1.165) is 36.6 Å². The summed E-state index contributed by atoms with van der Waals surface area (Å²) in [5.41, 5.74) is 1.11. The van der Waals surface area contributed by atoms with Crippen molar-refractivity contribution in [2.24, 2.45) is 0 Å². The van der Waals surface area contributed by atoms with Gasteiger partial charge in [-0.1, -0.05) is 31.7 Å². The molecular formula is C14H21NO2. The van der Waals surface area contributed by atoms with Crippen LogP contribution in [0.4, 0.5) is 0 Å². The van der Waals surface area contributed by atoms with E-state index in [9.17, 15) is 0 Å². The van der Waals surface area contributed by atoms with Crippen molar-refractivity contribution in [2.75, 3.05) is 20.3 Å². The fraction of sp³-hybridized carbons (Fsp3) is 0.429. The van der Waals surface area contributed by atoms with E-state index in [4.69, 9.17) is 9.47 Å². The van der Waals surface area contributed by atoms with Crippen LogP contribution in [0.25, 0.3) is 0 Å². The van der Waals surface area contributed by atoms with Gasteiger partial charge < -0.3 is 14.8 Å². The molecule has 0 saturated carbocycles. The lowest BCUT2D eigenvalue weighted by molar-refractivity contribution is 0.322. The summed E-state index contributed by atoms with van der Waals surface area (Å²) in [5, 5.41) is 3.36. The zero-order valence-electron chi connectivity index (χ0n) is 10.7. The number of methoxy groups -OCH3 is 1. The molecule has 0 amide bonds. The first-order valence-electron chi connectivity index (χ1n) is 5.93. The van der Waals surface area contributed by atoms with Gasteiger partial charge in [-0.05, 0) is 19.0 Å². The van der Waals surface area contributed by atoms with Crippen molar-refractivity contribution in [1.82, 2.24) is 5.32 Å². The van der Waals surface area contributed by atoms with Crippen LogP contribution in [0.15, 0.2) is 30.9 Å². The second-order valence-electron chi connectivity index (χ2n) is 3.72. The highest BCUT2D eigenvalue weighted by Crippen LogP contribution is 2.30. The smallest absolute Gasteiger partial charge is 0.166 e. The van der Waals surface area contributed by atoms with Gasteiger partial charge in [-0.15, -0.1) is 0 Å². The van der Waals surface area contributed by atoms with E-state index >= 15 is 0 Å². The van der Waals surface area contributed by atoms with Crippen molar-refractivity contribution >= 4 is 0 Å². The molecule has 0 aliphatic carbocycles. The largest absolute Gasteiger partial charge is 0.493 e. The van der Waals surface area contributed by atoms with Gasteiger partial charge in [0, 0.05) is 12.1 Å². The van der Waals surface area contributed by atoms with Crippen LogP contribution < -0.4 is 14.8 Å². The van der Waals surface area contributed by atoms with E-state index in [1.165, 1.54) is 0 Å². The Kier molecular flexibility index (Phi) is 6.18. The van der Waals surface area contributed by atoms with Gasteiger partial charge in [0.1, 0.15) is 6.61 Å². The standard InChI is InChI=1S/C14H21NO2/c1-4-9-15-11-12-7-6-8-13(16-3)14(12)17-10-5-2/h5-8,15H,2,4,9-11H2,1,3H3. The number of benzene rings is 1. The molecule has 0 aromatic heterocycles. The molecular weight excluding hydrogens is 214 g/mol. The molecule has 17 heavy (non-hydrogen) atoms. The molecule has 3 nitrogen and oxygen atoms in total. The summed E-state index contributed by atoms with van der Waals surface area (Å²) in [5.74, 6) is 1.57. The number of para-hydroxylation sites is 1. The molecule has 0 spiro atoms. The Bertz CT molecular complexity index is 350. The van der Waals surface area contributed by atoms with Crippen LogP contribution in [-0.4, -0.2) is 20.3 Å². The van der Waals surface area contributed by atoms with Crippen LogP contribution in [0.5, 0.6) is 11.5 Å². The quantitative estimate of drug-likeness (QED) is 0.555. The minimum absolute atomic E-state index is 0.487. The summed E-state index contributed by atoms with van der Waals surface area (Å²) in [7, 11) is 1.65. The molecule has 1 aromatic carbocycles. The molecule has 0 fully saturated rings. The Morgan fingerprint density at radius 3 is 2.88 bits per heavy atom. The van der Waals surface area contributed by atoms with E-state index in [1.54, 1.807) is 13.2 Å². The van der Waals surface area contributed by atoms with E-state index in [0.29, 0.717) is 6.61 Å². The van der Waals surface area contributed by atoms with Gasteiger partial charge >= 0.3 is 0 Å². The monoisotopic (exact) mass is 235 g/mol. The van der Waals surface area contributed by atoms with E-state index in [1.807, 2.05) is 18.2 Å². The predicted molar refractivity (Wildman–Crippen MR) is 70.7 cm³/mol. The maximum Gasteiger partial charge on any atom is 0.166 e. The van der Waals surface area contributed by atoms with Crippen LogP contribution in [0.1, 0.15) is 18.9 Å². The summed E-state index contributed by atoms with van der Waals surface area (Å²) in [6.07, 6.45) is 2.85. The molecule has 0 heterocycles. The van der Waals surface area contributed by atoms with E-state index < -0.39 is 0 Å². The zero-order valence-corrected chi connectivity index (χ0v) is 10.7. The molecule has 1 aromatic rings. The van der Waals surface area contributed by atoms with Crippen LogP contribution >= 0.6 is 0 Å². The van der Waals surface area contributed by atoms with Gasteiger partial charge in [0.2, 0.25) is 0 Å². The average molecular weight is 235 g/mol. The molecule has 0 aliphatic heterocycles. The lowest BCUT2D eigenvalue weighted by Gasteiger charge is -2.14.